The van der Waals surface area contributed by atoms with Gasteiger partial charge in [-0.3, -0.25) is 9.59 Å². The van der Waals surface area contributed by atoms with Crippen LogP contribution in [0.4, 0.5) is 5.69 Å². The van der Waals surface area contributed by atoms with Gasteiger partial charge in [0.1, 0.15) is 0 Å². The fourth-order valence-electron chi connectivity index (χ4n) is 2.31. The normalized spacial score (nSPS) is 11.6. The quantitative estimate of drug-likeness (QED) is 0.562. The van der Waals surface area contributed by atoms with Crippen LogP contribution in [0.2, 0.25) is 0 Å². The first kappa shape index (κ1) is 20.1. The van der Waals surface area contributed by atoms with E-state index in [1.807, 2.05) is 63.3 Å². The van der Waals surface area contributed by atoms with Crippen molar-refractivity contribution >= 4 is 29.3 Å². The first-order chi connectivity index (χ1) is 12.9. The second-order valence-corrected chi connectivity index (χ2v) is 6.66. The van der Waals surface area contributed by atoms with Crippen molar-refractivity contribution in [1.29, 1.82) is 0 Å². The Bertz CT molecular complexity index is 822. The number of benzene rings is 2. The average Bonchev–Trinajstić information content (AvgIpc) is 2.65. The summed E-state index contributed by atoms with van der Waals surface area (Å²) in [5.41, 5.74) is 5.42. The van der Waals surface area contributed by atoms with E-state index < -0.39 is 0 Å². The van der Waals surface area contributed by atoms with Crippen LogP contribution in [0.15, 0.2) is 65.8 Å². The Labute approximate surface area is 160 Å². The maximum absolute atomic E-state index is 12.2. The van der Waals surface area contributed by atoms with Crippen LogP contribution in [0, 0.1) is 5.92 Å². The molecule has 0 aliphatic heterocycles. The zero-order chi connectivity index (χ0) is 19.6. The van der Waals surface area contributed by atoms with E-state index in [-0.39, 0.29) is 11.8 Å². The van der Waals surface area contributed by atoms with Crippen LogP contribution in [-0.4, -0.2) is 17.5 Å². The predicted molar refractivity (Wildman–Crippen MR) is 111 cm³/mol. The molecule has 0 radical (unpaired) electrons. The van der Waals surface area contributed by atoms with Crippen LogP contribution in [0.1, 0.15) is 43.1 Å². The zero-order valence-electron chi connectivity index (χ0n) is 15.9. The SMILES string of the molecule is CC(/C=C/c1ccccc1)=N\NC(=O)c1ccc(NC(=O)CC(C)C)cc1. The molecule has 0 aromatic heterocycles. The summed E-state index contributed by atoms with van der Waals surface area (Å²) in [6.07, 6.45) is 4.23. The summed E-state index contributed by atoms with van der Waals surface area (Å²) < 4.78 is 0. The molecule has 0 heterocycles. The third kappa shape index (κ3) is 7.28. The predicted octanol–water partition coefficient (Wildman–Crippen LogP) is 4.49. The molecule has 27 heavy (non-hydrogen) atoms. The number of amides is 2. The van der Waals surface area contributed by atoms with E-state index in [4.69, 9.17) is 0 Å². The minimum atomic E-state index is -0.303. The number of carbonyl (C=O) groups is 2. The molecule has 2 N–H and O–H groups in total. The summed E-state index contributed by atoms with van der Waals surface area (Å²) in [5, 5.41) is 6.89. The number of anilines is 1. The topological polar surface area (TPSA) is 70.6 Å². The first-order valence-corrected chi connectivity index (χ1v) is 8.91. The van der Waals surface area contributed by atoms with Gasteiger partial charge in [0.05, 0.1) is 5.71 Å². The fraction of sp³-hybridized carbons (Fsp3) is 0.227. The van der Waals surface area contributed by atoms with Gasteiger partial charge in [-0.05, 0) is 48.7 Å². The Kier molecular flexibility index (Phi) is 7.49. The molecule has 2 rings (SSSR count). The highest BCUT2D eigenvalue weighted by atomic mass is 16.2. The molecule has 0 aliphatic carbocycles. The van der Waals surface area contributed by atoms with E-state index in [0.717, 1.165) is 5.56 Å². The molecule has 0 aliphatic rings. The molecule has 0 saturated heterocycles. The number of hydrazone groups is 1. The van der Waals surface area contributed by atoms with Crippen LogP contribution in [0.3, 0.4) is 0 Å². The molecule has 2 aromatic carbocycles. The number of carbonyl (C=O) groups excluding carboxylic acids is 2. The second kappa shape index (κ2) is 10.1. The lowest BCUT2D eigenvalue weighted by molar-refractivity contribution is -0.116. The Hall–Kier alpha value is -3.21. The lowest BCUT2D eigenvalue weighted by Crippen LogP contribution is -2.19. The highest BCUT2D eigenvalue weighted by molar-refractivity contribution is 5.99. The van der Waals surface area contributed by atoms with Crippen molar-refractivity contribution in [3.63, 3.8) is 0 Å². The van der Waals surface area contributed by atoms with Gasteiger partial charge in [-0.2, -0.15) is 5.10 Å². The third-order valence-corrected chi connectivity index (χ3v) is 3.67. The zero-order valence-corrected chi connectivity index (χ0v) is 15.9. The summed E-state index contributed by atoms with van der Waals surface area (Å²) in [7, 11) is 0. The molecule has 140 valence electrons. The summed E-state index contributed by atoms with van der Waals surface area (Å²) >= 11 is 0. The minimum Gasteiger partial charge on any atom is -0.326 e. The number of rotatable bonds is 7. The standard InChI is InChI=1S/C22H25N3O2/c1-16(2)15-21(26)23-20-13-11-19(12-14-20)22(27)25-24-17(3)9-10-18-7-5-4-6-8-18/h4-14,16H,15H2,1-3H3,(H,23,26)(H,25,27)/b10-9+,24-17+. The molecular formula is C22H25N3O2. The van der Waals surface area contributed by atoms with Gasteiger partial charge in [-0.1, -0.05) is 50.3 Å². The highest BCUT2D eigenvalue weighted by Crippen LogP contribution is 2.11. The molecule has 2 amide bonds. The van der Waals surface area contributed by atoms with Crippen molar-refractivity contribution in [1.82, 2.24) is 5.43 Å². The molecule has 0 bridgehead atoms. The fourth-order valence-corrected chi connectivity index (χ4v) is 2.31. The maximum Gasteiger partial charge on any atom is 0.271 e. The Morgan fingerprint density at radius 1 is 1.04 bits per heavy atom. The van der Waals surface area contributed by atoms with Gasteiger partial charge >= 0.3 is 0 Å². The molecule has 0 fully saturated rings. The van der Waals surface area contributed by atoms with Gasteiger partial charge in [0.25, 0.3) is 5.91 Å². The Balaban J connectivity index is 1.90. The largest absolute Gasteiger partial charge is 0.326 e. The Morgan fingerprint density at radius 2 is 1.70 bits per heavy atom. The van der Waals surface area contributed by atoms with Crippen molar-refractivity contribution in [3.05, 3.63) is 71.8 Å². The van der Waals surface area contributed by atoms with Crippen molar-refractivity contribution < 1.29 is 9.59 Å². The van der Waals surface area contributed by atoms with Gasteiger partial charge in [-0.25, -0.2) is 5.43 Å². The maximum atomic E-state index is 12.2. The van der Waals surface area contributed by atoms with Crippen LogP contribution < -0.4 is 10.7 Å². The lowest BCUT2D eigenvalue weighted by Gasteiger charge is -2.07. The Morgan fingerprint density at radius 3 is 2.33 bits per heavy atom. The summed E-state index contributed by atoms with van der Waals surface area (Å²) in [6, 6.07) is 16.6. The molecular weight excluding hydrogens is 338 g/mol. The molecule has 0 spiro atoms. The molecule has 0 unspecified atom stereocenters. The van der Waals surface area contributed by atoms with E-state index in [1.165, 1.54) is 0 Å². The van der Waals surface area contributed by atoms with Crippen LogP contribution in [-0.2, 0) is 4.79 Å². The average molecular weight is 363 g/mol. The number of nitrogens with zero attached hydrogens (tertiary/aromatic N) is 1. The minimum absolute atomic E-state index is 0.0346. The van der Waals surface area contributed by atoms with Gasteiger partial charge in [0, 0.05) is 17.7 Å². The van der Waals surface area contributed by atoms with Gasteiger partial charge < -0.3 is 5.32 Å². The highest BCUT2D eigenvalue weighted by Gasteiger charge is 2.07. The summed E-state index contributed by atoms with van der Waals surface area (Å²) in [6.45, 7) is 5.79. The van der Waals surface area contributed by atoms with Crippen molar-refractivity contribution in [2.45, 2.75) is 27.2 Å². The van der Waals surface area contributed by atoms with E-state index in [2.05, 4.69) is 15.8 Å². The smallest absolute Gasteiger partial charge is 0.271 e. The first-order valence-electron chi connectivity index (χ1n) is 8.91. The number of hydrogen-bond donors (Lipinski definition) is 2. The van der Waals surface area contributed by atoms with E-state index in [0.29, 0.717) is 29.3 Å². The molecule has 0 saturated carbocycles. The van der Waals surface area contributed by atoms with Gasteiger partial charge in [-0.15, -0.1) is 0 Å². The van der Waals surface area contributed by atoms with Crippen molar-refractivity contribution in [2.24, 2.45) is 11.0 Å². The van der Waals surface area contributed by atoms with E-state index in [1.54, 1.807) is 24.3 Å². The van der Waals surface area contributed by atoms with Crippen molar-refractivity contribution in [2.75, 3.05) is 5.32 Å². The molecule has 2 aromatic rings. The van der Waals surface area contributed by atoms with Gasteiger partial charge in [0.15, 0.2) is 0 Å². The summed E-state index contributed by atoms with van der Waals surface area (Å²) in [4.78, 5) is 23.9. The van der Waals surface area contributed by atoms with E-state index >= 15 is 0 Å². The molecule has 5 heteroatoms. The van der Waals surface area contributed by atoms with Crippen LogP contribution in [0.5, 0.6) is 0 Å². The van der Waals surface area contributed by atoms with Crippen molar-refractivity contribution in [3.8, 4) is 0 Å². The summed E-state index contributed by atoms with van der Waals surface area (Å²) in [5.74, 6) is -0.0396. The van der Waals surface area contributed by atoms with Gasteiger partial charge in [0.2, 0.25) is 5.91 Å². The van der Waals surface area contributed by atoms with E-state index in [9.17, 15) is 9.59 Å². The second-order valence-electron chi connectivity index (χ2n) is 6.66. The molecule has 5 nitrogen and oxygen atoms in total. The molecule has 0 atom stereocenters. The van der Waals surface area contributed by atoms with Crippen LogP contribution >= 0.6 is 0 Å². The lowest BCUT2D eigenvalue weighted by atomic mass is 10.1. The number of hydrogen-bond acceptors (Lipinski definition) is 3. The van der Waals surface area contributed by atoms with Crippen LogP contribution in [0.25, 0.3) is 6.08 Å². The third-order valence-electron chi connectivity index (χ3n) is 3.67. The number of allylic oxidation sites excluding steroid dienone is 1. The number of nitrogens with one attached hydrogen (secondary N) is 2. The monoisotopic (exact) mass is 363 g/mol.